The second-order valence-corrected chi connectivity index (χ2v) is 3.83. The van der Waals surface area contributed by atoms with Gasteiger partial charge in [0.2, 0.25) is 0 Å². The fourth-order valence-electron chi connectivity index (χ4n) is 1.29. The Balaban J connectivity index is 2.48. The lowest BCUT2D eigenvalue weighted by Gasteiger charge is -2.01. The molecule has 2 heterocycles. The molecule has 0 atom stereocenters. The molecule has 0 radical (unpaired) electrons. The van der Waals surface area contributed by atoms with Crippen LogP contribution in [0.5, 0.6) is 0 Å². The van der Waals surface area contributed by atoms with E-state index in [-0.39, 0.29) is 0 Å². The molecule has 15 heavy (non-hydrogen) atoms. The summed E-state index contributed by atoms with van der Waals surface area (Å²) in [4.78, 5) is 5.31. The average molecular weight is 212 g/mol. The third kappa shape index (κ3) is 2.12. The summed E-state index contributed by atoms with van der Waals surface area (Å²) >= 11 is 1.61. The molecule has 0 spiro atoms. The lowest BCUT2D eigenvalue weighted by Crippen LogP contribution is -1.87. The van der Waals surface area contributed by atoms with Crippen molar-refractivity contribution in [2.45, 2.75) is 0 Å². The molecule has 0 amide bonds. The third-order valence-corrected chi connectivity index (χ3v) is 2.84. The number of aromatic nitrogens is 1. The number of nitriles is 1. The lowest BCUT2D eigenvalue weighted by molar-refractivity contribution is 1.28. The van der Waals surface area contributed by atoms with Crippen LogP contribution in [-0.2, 0) is 0 Å². The second kappa shape index (κ2) is 4.54. The van der Waals surface area contributed by atoms with Crippen LogP contribution in [0, 0.1) is 11.3 Å². The van der Waals surface area contributed by atoms with Crippen LogP contribution in [0.25, 0.3) is 5.57 Å². The minimum atomic E-state index is 0.835. The van der Waals surface area contributed by atoms with E-state index in [1.165, 1.54) is 6.08 Å². The van der Waals surface area contributed by atoms with Gasteiger partial charge in [0.05, 0.1) is 11.8 Å². The quantitative estimate of drug-likeness (QED) is 0.717. The first-order chi connectivity index (χ1) is 7.42. The van der Waals surface area contributed by atoms with E-state index < -0.39 is 0 Å². The van der Waals surface area contributed by atoms with Crippen molar-refractivity contribution >= 4 is 16.9 Å². The molecule has 2 aromatic heterocycles. The zero-order valence-corrected chi connectivity index (χ0v) is 8.74. The second-order valence-electron chi connectivity index (χ2n) is 2.88. The number of hydrogen-bond acceptors (Lipinski definition) is 3. The molecule has 0 aromatic carbocycles. The maximum absolute atomic E-state index is 8.75. The Morgan fingerprint density at radius 3 is 2.87 bits per heavy atom. The Morgan fingerprint density at radius 1 is 1.33 bits per heavy atom. The van der Waals surface area contributed by atoms with Gasteiger partial charge in [-0.25, -0.2) is 0 Å². The summed E-state index contributed by atoms with van der Waals surface area (Å²) in [6, 6.07) is 11.7. The lowest BCUT2D eigenvalue weighted by atomic mass is 10.1. The van der Waals surface area contributed by atoms with Crippen LogP contribution in [0.4, 0.5) is 0 Å². The van der Waals surface area contributed by atoms with Crippen LogP contribution in [-0.4, -0.2) is 4.98 Å². The van der Waals surface area contributed by atoms with Gasteiger partial charge in [-0.2, -0.15) is 5.26 Å². The summed E-state index contributed by atoms with van der Waals surface area (Å²) in [5.41, 5.74) is 1.72. The summed E-state index contributed by atoms with van der Waals surface area (Å²) in [6.07, 6.45) is 3.27. The topological polar surface area (TPSA) is 36.7 Å². The molecule has 0 aliphatic heterocycles. The zero-order valence-electron chi connectivity index (χ0n) is 7.92. The van der Waals surface area contributed by atoms with E-state index >= 15 is 0 Å². The smallest absolute Gasteiger partial charge is 0.0919 e. The van der Waals surface area contributed by atoms with Crippen molar-refractivity contribution in [1.82, 2.24) is 4.98 Å². The van der Waals surface area contributed by atoms with Crippen LogP contribution in [0.2, 0.25) is 0 Å². The highest BCUT2D eigenvalue weighted by molar-refractivity contribution is 7.11. The number of allylic oxidation sites excluding steroid dienone is 1. The molecule has 0 saturated carbocycles. The van der Waals surface area contributed by atoms with Crippen molar-refractivity contribution in [2.24, 2.45) is 0 Å². The van der Waals surface area contributed by atoms with Gasteiger partial charge in [-0.3, -0.25) is 4.98 Å². The van der Waals surface area contributed by atoms with Crippen molar-refractivity contribution in [3.05, 3.63) is 58.6 Å². The number of pyridine rings is 1. The first-order valence-electron chi connectivity index (χ1n) is 4.47. The van der Waals surface area contributed by atoms with Gasteiger partial charge in [-0.05, 0) is 23.6 Å². The molecule has 3 heteroatoms. The number of thiophene rings is 1. The third-order valence-electron chi connectivity index (χ3n) is 1.94. The first kappa shape index (κ1) is 9.63. The summed E-state index contributed by atoms with van der Waals surface area (Å²) in [5.74, 6) is 0. The Labute approximate surface area is 92.1 Å². The minimum absolute atomic E-state index is 0.835. The first-order valence-corrected chi connectivity index (χ1v) is 5.35. The number of hydrogen-bond donors (Lipinski definition) is 0. The van der Waals surface area contributed by atoms with Gasteiger partial charge in [0, 0.05) is 22.7 Å². The van der Waals surface area contributed by atoms with Gasteiger partial charge < -0.3 is 0 Å². The Bertz CT molecular complexity index is 492. The van der Waals surface area contributed by atoms with Crippen LogP contribution in [0.1, 0.15) is 10.6 Å². The molecule has 2 rings (SSSR count). The zero-order chi connectivity index (χ0) is 10.5. The van der Waals surface area contributed by atoms with Gasteiger partial charge >= 0.3 is 0 Å². The Kier molecular flexibility index (Phi) is 2.91. The monoisotopic (exact) mass is 212 g/mol. The molecular weight excluding hydrogens is 204 g/mol. The van der Waals surface area contributed by atoms with E-state index in [4.69, 9.17) is 5.26 Å². The van der Waals surface area contributed by atoms with Crippen LogP contribution >= 0.6 is 11.3 Å². The highest BCUT2D eigenvalue weighted by atomic mass is 32.1. The summed E-state index contributed by atoms with van der Waals surface area (Å²) in [5, 5.41) is 10.7. The van der Waals surface area contributed by atoms with E-state index in [0.717, 1.165) is 16.1 Å². The predicted molar refractivity (Wildman–Crippen MR) is 61.2 cm³/mol. The summed E-state index contributed by atoms with van der Waals surface area (Å²) in [6.45, 7) is 0. The highest BCUT2D eigenvalue weighted by Gasteiger charge is 2.06. The molecule has 0 bridgehead atoms. The normalized spacial score (nSPS) is 11.0. The highest BCUT2D eigenvalue weighted by Crippen LogP contribution is 2.25. The number of nitrogens with zero attached hydrogens (tertiary/aromatic N) is 2. The SMILES string of the molecule is N#C/C=C(\c1ccccn1)c1cccs1. The summed E-state index contributed by atoms with van der Waals surface area (Å²) in [7, 11) is 0. The fraction of sp³-hybridized carbons (Fsp3) is 0. The van der Waals surface area contributed by atoms with Gasteiger partial charge in [0.25, 0.3) is 0 Å². The van der Waals surface area contributed by atoms with E-state index in [9.17, 15) is 0 Å². The van der Waals surface area contributed by atoms with Gasteiger partial charge in [-0.15, -0.1) is 11.3 Å². The molecule has 2 aromatic rings. The molecule has 2 nitrogen and oxygen atoms in total. The fourth-order valence-corrected chi connectivity index (χ4v) is 2.04. The van der Waals surface area contributed by atoms with Gasteiger partial charge in [-0.1, -0.05) is 12.1 Å². The maximum atomic E-state index is 8.75. The van der Waals surface area contributed by atoms with Crippen molar-refractivity contribution in [3.8, 4) is 6.07 Å². The molecule has 0 saturated heterocycles. The number of rotatable bonds is 2. The van der Waals surface area contributed by atoms with E-state index in [2.05, 4.69) is 11.1 Å². The standard InChI is InChI=1S/C12H8N2S/c13-7-6-10(12-5-3-9-15-12)11-4-1-2-8-14-11/h1-6,8-9H/b10-6+. The van der Waals surface area contributed by atoms with Crippen LogP contribution in [0.15, 0.2) is 48.0 Å². The van der Waals surface area contributed by atoms with Crippen molar-refractivity contribution in [2.75, 3.05) is 0 Å². The minimum Gasteiger partial charge on any atom is -0.256 e. The van der Waals surface area contributed by atoms with Crippen molar-refractivity contribution in [3.63, 3.8) is 0 Å². The largest absolute Gasteiger partial charge is 0.256 e. The van der Waals surface area contributed by atoms with Crippen molar-refractivity contribution < 1.29 is 0 Å². The Hall–Kier alpha value is -1.92. The molecule has 0 fully saturated rings. The van der Waals surface area contributed by atoms with Gasteiger partial charge in [0.1, 0.15) is 0 Å². The Morgan fingerprint density at radius 2 is 2.27 bits per heavy atom. The molecule has 0 N–H and O–H groups in total. The predicted octanol–water partition coefficient (Wildman–Crippen LogP) is 3.10. The summed E-state index contributed by atoms with van der Waals surface area (Å²) < 4.78 is 0. The van der Waals surface area contributed by atoms with Crippen molar-refractivity contribution in [1.29, 1.82) is 5.26 Å². The van der Waals surface area contributed by atoms with E-state index in [1.54, 1.807) is 17.5 Å². The molecule has 0 aliphatic carbocycles. The van der Waals surface area contributed by atoms with Crippen LogP contribution in [0.3, 0.4) is 0 Å². The van der Waals surface area contributed by atoms with Gasteiger partial charge in [0.15, 0.2) is 0 Å². The average Bonchev–Trinajstić information content (AvgIpc) is 2.80. The molecule has 72 valence electrons. The van der Waals surface area contributed by atoms with E-state index in [0.29, 0.717) is 0 Å². The maximum Gasteiger partial charge on any atom is 0.0919 e. The van der Waals surface area contributed by atoms with E-state index in [1.807, 2.05) is 35.7 Å². The molecular formula is C12H8N2S. The molecule has 0 unspecified atom stereocenters. The van der Waals surface area contributed by atoms with Crippen LogP contribution < -0.4 is 0 Å². The molecule has 0 aliphatic rings.